The minimum Gasteiger partial charge on any atom is -0.444 e. The number of hydrogen-bond acceptors (Lipinski definition) is 5. The van der Waals surface area contributed by atoms with E-state index in [0.717, 1.165) is 16.9 Å². The number of nitrogens with one attached hydrogen (secondary N) is 1. The molecule has 0 saturated heterocycles. The number of ether oxygens (including phenoxy) is 1. The Kier molecular flexibility index (Phi) is 6.04. The lowest BCUT2D eigenvalue weighted by atomic mass is 10.2. The molecule has 33 heavy (non-hydrogen) atoms. The van der Waals surface area contributed by atoms with Gasteiger partial charge in [-0.2, -0.15) is 0 Å². The number of benzene rings is 1. The first kappa shape index (κ1) is 23.0. The Labute approximate surface area is 200 Å². The summed E-state index contributed by atoms with van der Waals surface area (Å²) in [4.78, 5) is 31.5. The van der Waals surface area contributed by atoms with Gasteiger partial charge < -0.3 is 14.6 Å². The summed E-state index contributed by atoms with van der Waals surface area (Å²) in [6.45, 7) is 10.7. The fourth-order valence-electron chi connectivity index (χ4n) is 3.58. The van der Waals surface area contributed by atoms with E-state index in [-0.39, 0.29) is 18.1 Å². The molecule has 0 saturated carbocycles. The molecule has 3 heterocycles. The van der Waals surface area contributed by atoms with E-state index in [1.807, 2.05) is 69.5 Å². The van der Waals surface area contributed by atoms with Crippen molar-refractivity contribution in [1.29, 1.82) is 0 Å². The van der Waals surface area contributed by atoms with E-state index in [0.29, 0.717) is 29.3 Å². The van der Waals surface area contributed by atoms with Crippen molar-refractivity contribution in [1.82, 2.24) is 24.2 Å². The summed E-state index contributed by atoms with van der Waals surface area (Å²) < 4.78 is 9.71. The molecule has 3 aromatic rings. The Balaban J connectivity index is 1.50. The van der Waals surface area contributed by atoms with Crippen molar-refractivity contribution in [2.75, 3.05) is 11.9 Å². The standard InChI is InChI=1S/C23H27BrN6O3/c1-14-6-8-16(9-7-14)30-15(2)12-17(27-30)25-21(31)19-20(24)29-11-10-28(13-18(29)26-19)22(32)33-23(3,4)5/h6-9,12H,10-11,13H2,1-5H3,(H,25,27,31). The van der Waals surface area contributed by atoms with Gasteiger partial charge in [-0.15, -0.1) is 5.10 Å². The van der Waals surface area contributed by atoms with Crippen LogP contribution < -0.4 is 5.32 Å². The number of carbonyl (C=O) groups is 2. The number of rotatable bonds is 3. The third-order valence-corrected chi connectivity index (χ3v) is 5.99. The predicted molar refractivity (Wildman–Crippen MR) is 128 cm³/mol. The number of carbonyl (C=O) groups excluding carboxylic acids is 2. The second-order valence-corrected chi connectivity index (χ2v) is 9.84. The average molecular weight is 515 g/mol. The summed E-state index contributed by atoms with van der Waals surface area (Å²) in [7, 11) is 0. The van der Waals surface area contributed by atoms with E-state index in [1.165, 1.54) is 0 Å². The van der Waals surface area contributed by atoms with Crippen LogP contribution >= 0.6 is 15.9 Å². The zero-order valence-electron chi connectivity index (χ0n) is 19.3. The monoisotopic (exact) mass is 514 g/mol. The number of amides is 2. The van der Waals surface area contributed by atoms with Gasteiger partial charge in [-0.05, 0) is 62.7 Å². The second-order valence-electron chi connectivity index (χ2n) is 9.09. The zero-order chi connectivity index (χ0) is 23.9. The fraction of sp³-hybridized carbons (Fsp3) is 0.391. The molecule has 0 aliphatic carbocycles. The molecule has 0 unspecified atom stereocenters. The van der Waals surface area contributed by atoms with Gasteiger partial charge >= 0.3 is 6.09 Å². The highest BCUT2D eigenvalue weighted by atomic mass is 79.9. The Bertz CT molecular complexity index is 1210. The lowest BCUT2D eigenvalue weighted by molar-refractivity contribution is 0.0194. The van der Waals surface area contributed by atoms with Gasteiger partial charge in [-0.1, -0.05) is 17.7 Å². The van der Waals surface area contributed by atoms with Gasteiger partial charge in [0, 0.05) is 24.8 Å². The number of aryl methyl sites for hydroxylation is 2. The van der Waals surface area contributed by atoms with Crippen LogP contribution in [0.15, 0.2) is 34.9 Å². The minimum atomic E-state index is -0.574. The van der Waals surface area contributed by atoms with Crippen LogP contribution in [0.2, 0.25) is 0 Å². The van der Waals surface area contributed by atoms with Gasteiger partial charge in [0.15, 0.2) is 11.5 Å². The molecule has 10 heteroatoms. The maximum absolute atomic E-state index is 13.0. The number of fused-ring (bicyclic) bond motifs is 1. The molecular formula is C23H27BrN6O3. The highest BCUT2D eigenvalue weighted by Crippen LogP contribution is 2.25. The fourth-order valence-corrected chi connectivity index (χ4v) is 4.23. The molecule has 174 valence electrons. The smallest absolute Gasteiger partial charge is 0.410 e. The Hall–Kier alpha value is -3.14. The lowest BCUT2D eigenvalue weighted by Gasteiger charge is -2.30. The summed E-state index contributed by atoms with van der Waals surface area (Å²) in [6.07, 6.45) is -0.393. The highest BCUT2D eigenvalue weighted by molar-refractivity contribution is 9.10. The molecule has 1 aromatic carbocycles. The molecule has 9 nitrogen and oxygen atoms in total. The number of aromatic nitrogens is 4. The lowest BCUT2D eigenvalue weighted by Crippen LogP contribution is -2.41. The Morgan fingerprint density at radius 3 is 2.48 bits per heavy atom. The van der Waals surface area contributed by atoms with Crippen molar-refractivity contribution in [2.45, 2.75) is 53.3 Å². The molecule has 1 aliphatic heterocycles. The van der Waals surface area contributed by atoms with Crippen LogP contribution in [0.5, 0.6) is 0 Å². The molecule has 1 N–H and O–H groups in total. The summed E-state index contributed by atoms with van der Waals surface area (Å²) in [5, 5.41) is 7.36. The number of halogens is 1. The van der Waals surface area contributed by atoms with E-state index in [9.17, 15) is 9.59 Å². The van der Waals surface area contributed by atoms with Crippen LogP contribution in [-0.2, 0) is 17.8 Å². The van der Waals surface area contributed by atoms with Crippen molar-refractivity contribution in [2.24, 2.45) is 0 Å². The molecule has 0 spiro atoms. The van der Waals surface area contributed by atoms with Crippen LogP contribution in [0.1, 0.15) is 48.3 Å². The van der Waals surface area contributed by atoms with Gasteiger partial charge in [0.2, 0.25) is 0 Å². The summed E-state index contributed by atoms with van der Waals surface area (Å²) in [6, 6.07) is 9.81. The van der Waals surface area contributed by atoms with Crippen molar-refractivity contribution in [3.63, 3.8) is 0 Å². The van der Waals surface area contributed by atoms with E-state index in [2.05, 4.69) is 31.3 Å². The van der Waals surface area contributed by atoms with Crippen LogP contribution in [0, 0.1) is 13.8 Å². The Morgan fingerprint density at radius 1 is 1.12 bits per heavy atom. The SMILES string of the molecule is Cc1ccc(-n2nc(NC(=O)c3nc4n(c3Br)CCN(C(=O)OC(C)(C)C)C4)cc2C)cc1. The summed E-state index contributed by atoms with van der Waals surface area (Å²) in [5.41, 5.74) is 2.65. The van der Waals surface area contributed by atoms with Crippen LogP contribution in [0.3, 0.4) is 0 Å². The molecule has 0 atom stereocenters. The zero-order valence-corrected chi connectivity index (χ0v) is 20.9. The summed E-state index contributed by atoms with van der Waals surface area (Å²) in [5.74, 6) is 0.679. The van der Waals surface area contributed by atoms with Gasteiger partial charge in [0.25, 0.3) is 5.91 Å². The molecular weight excluding hydrogens is 488 g/mol. The molecule has 0 bridgehead atoms. The topological polar surface area (TPSA) is 94.3 Å². The molecule has 2 amide bonds. The van der Waals surface area contributed by atoms with Crippen LogP contribution in [-0.4, -0.2) is 48.4 Å². The van der Waals surface area contributed by atoms with E-state index in [4.69, 9.17) is 4.74 Å². The Morgan fingerprint density at radius 2 is 1.82 bits per heavy atom. The number of imidazole rings is 1. The average Bonchev–Trinajstić information content (AvgIpc) is 3.26. The first-order chi connectivity index (χ1) is 15.5. The first-order valence-corrected chi connectivity index (χ1v) is 11.5. The molecule has 0 fully saturated rings. The van der Waals surface area contributed by atoms with Gasteiger partial charge in [-0.25, -0.2) is 14.5 Å². The predicted octanol–water partition coefficient (Wildman–Crippen LogP) is 4.45. The number of anilines is 1. The third kappa shape index (κ3) is 4.95. The highest BCUT2D eigenvalue weighted by Gasteiger charge is 2.30. The normalized spacial score (nSPS) is 13.6. The van der Waals surface area contributed by atoms with Crippen molar-refractivity contribution < 1.29 is 14.3 Å². The van der Waals surface area contributed by atoms with Gasteiger partial charge in [0.1, 0.15) is 16.0 Å². The molecule has 0 radical (unpaired) electrons. The maximum atomic E-state index is 13.0. The third-order valence-electron chi connectivity index (χ3n) is 5.18. The maximum Gasteiger partial charge on any atom is 0.410 e. The van der Waals surface area contributed by atoms with Crippen molar-refractivity contribution in [3.05, 3.63) is 57.7 Å². The van der Waals surface area contributed by atoms with Crippen molar-refractivity contribution >= 4 is 33.7 Å². The summed E-state index contributed by atoms with van der Waals surface area (Å²) >= 11 is 3.50. The number of nitrogens with zero attached hydrogens (tertiary/aromatic N) is 5. The van der Waals surface area contributed by atoms with Gasteiger partial charge in [-0.3, -0.25) is 9.69 Å². The van der Waals surface area contributed by atoms with Gasteiger partial charge in [0.05, 0.1) is 12.2 Å². The van der Waals surface area contributed by atoms with Crippen LogP contribution in [0.4, 0.5) is 10.6 Å². The quantitative estimate of drug-likeness (QED) is 0.556. The first-order valence-electron chi connectivity index (χ1n) is 10.7. The molecule has 2 aromatic heterocycles. The largest absolute Gasteiger partial charge is 0.444 e. The van der Waals surface area contributed by atoms with E-state index < -0.39 is 11.7 Å². The van der Waals surface area contributed by atoms with Crippen LogP contribution in [0.25, 0.3) is 5.69 Å². The molecule has 1 aliphatic rings. The number of hydrogen-bond donors (Lipinski definition) is 1. The van der Waals surface area contributed by atoms with Crippen molar-refractivity contribution in [3.8, 4) is 5.69 Å². The molecule has 4 rings (SSSR count). The minimum absolute atomic E-state index is 0.249. The second kappa shape index (κ2) is 8.66. The van der Waals surface area contributed by atoms with E-state index in [1.54, 1.807) is 9.58 Å². The van der Waals surface area contributed by atoms with E-state index >= 15 is 0 Å².